The van der Waals surface area contributed by atoms with Crippen LogP contribution in [-0.2, 0) is 0 Å². The molecule has 0 saturated heterocycles. The third-order valence-corrected chi connectivity index (χ3v) is 4.12. The summed E-state index contributed by atoms with van der Waals surface area (Å²) in [5.41, 5.74) is 0.921. The Balaban J connectivity index is 2.10. The Labute approximate surface area is 122 Å². The molecule has 0 amide bonds. The van der Waals surface area contributed by atoms with E-state index < -0.39 is 6.10 Å². The highest BCUT2D eigenvalue weighted by Gasteiger charge is 2.34. The van der Waals surface area contributed by atoms with E-state index in [0.29, 0.717) is 12.6 Å². The van der Waals surface area contributed by atoms with Gasteiger partial charge in [-0.1, -0.05) is 38.0 Å². The lowest BCUT2D eigenvalue weighted by atomic mass is 9.96. The molecule has 1 aromatic rings. The molecule has 1 aliphatic rings. The highest BCUT2D eigenvalue weighted by molar-refractivity contribution is 5.37. The molecule has 20 heavy (non-hydrogen) atoms. The summed E-state index contributed by atoms with van der Waals surface area (Å²) in [6, 6.07) is 8.29. The van der Waals surface area contributed by atoms with Gasteiger partial charge in [0, 0.05) is 11.6 Å². The largest absolute Gasteiger partial charge is 0.491 e. The van der Waals surface area contributed by atoms with E-state index in [2.05, 4.69) is 25.7 Å². The van der Waals surface area contributed by atoms with Gasteiger partial charge in [0.1, 0.15) is 18.5 Å². The SMILES string of the molecule is CCCCCN(C(C)C)C1COc2ccccc2C1O. The first-order valence-electron chi connectivity index (χ1n) is 7.80. The Kier molecular flexibility index (Phi) is 5.44. The summed E-state index contributed by atoms with van der Waals surface area (Å²) in [4.78, 5) is 2.39. The van der Waals surface area contributed by atoms with Crippen LogP contribution in [0.25, 0.3) is 0 Å². The van der Waals surface area contributed by atoms with Crippen molar-refractivity contribution in [1.29, 1.82) is 0 Å². The van der Waals surface area contributed by atoms with Crippen LogP contribution in [0.4, 0.5) is 0 Å². The standard InChI is InChI=1S/C17H27NO2/c1-4-5-8-11-18(13(2)3)15-12-20-16-10-7-6-9-14(16)17(15)19/h6-7,9-10,13,15,17,19H,4-5,8,11-12H2,1-3H3. The van der Waals surface area contributed by atoms with E-state index in [4.69, 9.17) is 4.74 Å². The molecular formula is C17H27NO2. The van der Waals surface area contributed by atoms with E-state index in [1.165, 1.54) is 19.3 Å². The minimum absolute atomic E-state index is 0.0572. The number of hydrogen-bond acceptors (Lipinski definition) is 3. The summed E-state index contributed by atoms with van der Waals surface area (Å²) in [7, 11) is 0. The van der Waals surface area contributed by atoms with E-state index in [1.807, 2.05) is 24.3 Å². The maximum absolute atomic E-state index is 10.7. The van der Waals surface area contributed by atoms with Crippen LogP contribution in [0.15, 0.2) is 24.3 Å². The molecule has 0 aromatic heterocycles. The Morgan fingerprint density at radius 3 is 2.75 bits per heavy atom. The minimum Gasteiger partial charge on any atom is -0.491 e. The lowest BCUT2D eigenvalue weighted by molar-refractivity contribution is -0.0112. The summed E-state index contributed by atoms with van der Waals surface area (Å²) >= 11 is 0. The molecule has 2 unspecified atom stereocenters. The van der Waals surface area contributed by atoms with Crippen LogP contribution >= 0.6 is 0 Å². The van der Waals surface area contributed by atoms with Gasteiger partial charge in [-0.15, -0.1) is 0 Å². The zero-order chi connectivity index (χ0) is 14.5. The van der Waals surface area contributed by atoms with Gasteiger partial charge in [0.05, 0.1) is 6.04 Å². The average molecular weight is 277 g/mol. The van der Waals surface area contributed by atoms with Crippen molar-refractivity contribution in [1.82, 2.24) is 4.90 Å². The van der Waals surface area contributed by atoms with Crippen LogP contribution in [0.1, 0.15) is 51.7 Å². The van der Waals surface area contributed by atoms with E-state index in [-0.39, 0.29) is 6.04 Å². The monoisotopic (exact) mass is 277 g/mol. The molecule has 0 aliphatic carbocycles. The second kappa shape index (κ2) is 7.09. The van der Waals surface area contributed by atoms with Gasteiger partial charge in [0.25, 0.3) is 0 Å². The van der Waals surface area contributed by atoms with Crippen molar-refractivity contribution in [2.45, 2.75) is 58.2 Å². The Morgan fingerprint density at radius 1 is 1.30 bits per heavy atom. The number of benzene rings is 1. The average Bonchev–Trinajstić information content (AvgIpc) is 2.45. The minimum atomic E-state index is -0.455. The predicted octanol–water partition coefficient (Wildman–Crippen LogP) is 3.38. The van der Waals surface area contributed by atoms with E-state index in [9.17, 15) is 5.11 Å². The van der Waals surface area contributed by atoms with Crippen molar-refractivity contribution in [2.24, 2.45) is 0 Å². The van der Waals surface area contributed by atoms with Crippen LogP contribution in [0, 0.1) is 0 Å². The van der Waals surface area contributed by atoms with Gasteiger partial charge in [-0.3, -0.25) is 4.90 Å². The van der Waals surface area contributed by atoms with Crippen LogP contribution < -0.4 is 4.74 Å². The quantitative estimate of drug-likeness (QED) is 0.809. The molecule has 112 valence electrons. The summed E-state index contributed by atoms with van der Waals surface area (Å²) in [6.45, 7) is 8.20. The van der Waals surface area contributed by atoms with Crippen LogP contribution in [0.5, 0.6) is 5.75 Å². The van der Waals surface area contributed by atoms with Gasteiger partial charge in [-0.2, -0.15) is 0 Å². The number of para-hydroxylation sites is 1. The highest BCUT2D eigenvalue weighted by atomic mass is 16.5. The molecule has 3 heteroatoms. The molecule has 2 atom stereocenters. The van der Waals surface area contributed by atoms with Crippen molar-refractivity contribution >= 4 is 0 Å². The number of rotatable bonds is 6. The van der Waals surface area contributed by atoms with Crippen LogP contribution in [0.2, 0.25) is 0 Å². The van der Waals surface area contributed by atoms with Crippen molar-refractivity contribution in [2.75, 3.05) is 13.2 Å². The summed E-state index contributed by atoms with van der Waals surface area (Å²) < 4.78 is 5.84. The fourth-order valence-corrected chi connectivity index (χ4v) is 2.96. The molecule has 1 heterocycles. The zero-order valence-corrected chi connectivity index (χ0v) is 12.9. The van der Waals surface area contributed by atoms with Gasteiger partial charge < -0.3 is 9.84 Å². The second-order valence-electron chi connectivity index (χ2n) is 5.90. The topological polar surface area (TPSA) is 32.7 Å². The van der Waals surface area contributed by atoms with E-state index >= 15 is 0 Å². The van der Waals surface area contributed by atoms with Crippen molar-refractivity contribution in [3.63, 3.8) is 0 Å². The Morgan fingerprint density at radius 2 is 2.05 bits per heavy atom. The van der Waals surface area contributed by atoms with Gasteiger partial charge in [-0.05, 0) is 32.9 Å². The molecule has 3 nitrogen and oxygen atoms in total. The lowest BCUT2D eigenvalue weighted by Gasteiger charge is -2.40. The first-order chi connectivity index (χ1) is 9.65. The molecule has 0 bridgehead atoms. The maximum Gasteiger partial charge on any atom is 0.125 e. The Hall–Kier alpha value is -1.06. The summed E-state index contributed by atoms with van der Waals surface area (Å²) in [5.74, 6) is 0.827. The molecule has 0 radical (unpaired) electrons. The lowest BCUT2D eigenvalue weighted by Crippen LogP contribution is -2.49. The predicted molar refractivity (Wildman–Crippen MR) is 82.1 cm³/mol. The van der Waals surface area contributed by atoms with Gasteiger partial charge in [-0.25, -0.2) is 0 Å². The number of unbranched alkanes of at least 4 members (excludes halogenated alkanes) is 2. The van der Waals surface area contributed by atoms with Gasteiger partial charge in [0.15, 0.2) is 0 Å². The summed E-state index contributed by atoms with van der Waals surface area (Å²) in [6.07, 6.45) is 3.19. The van der Waals surface area contributed by atoms with Crippen LogP contribution in [0.3, 0.4) is 0 Å². The first kappa shape index (κ1) is 15.3. The van der Waals surface area contributed by atoms with Gasteiger partial charge in [0.2, 0.25) is 0 Å². The molecular weight excluding hydrogens is 250 g/mol. The maximum atomic E-state index is 10.7. The van der Waals surface area contributed by atoms with E-state index in [0.717, 1.165) is 17.9 Å². The molecule has 1 aliphatic heterocycles. The second-order valence-corrected chi connectivity index (χ2v) is 5.90. The molecule has 0 fully saturated rings. The van der Waals surface area contributed by atoms with Crippen molar-refractivity contribution in [3.05, 3.63) is 29.8 Å². The number of ether oxygens (including phenoxy) is 1. The fourth-order valence-electron chi connectivity index (χ4n) is 2.96. The third kappa shape index (κ3) is 3.33. The van der Waals surface area contributed by atoms with Gasteiger partial charge >= 0.3 is 0 Å². The normalized spacial score (nSPS) is 21.9. The van der Waals surface area contributed by atoms with E-state index in [1.54, 1.807) is 0 Å². The van der Waals surface area contributed by atoms with Crippen molar-refractivity contribution < 1.29 is 9.84 Å². The highest BCUT2D eigenvalue weighted by Crippen LogP contribution is 2.34. The molecule has 1 aromatic carbocycles. The summed E-state index contributed by atoms with van der Waals surface area (Å²) in [5, 5.41) is 10.7. The number of aliphatic hydroxyl groups is 1. The number of nitrogens with zero attached hydrogens (tertiary/aromatic N) is 1. The third-order valence-electron chi connectivity index (χ3n) is 4.12. The number of hydrogen-bond donors (Lipinski definition) is 1. The molecule has 0 spiro atoms. The first-order valence-corrected chi connectivity index (χ1v) is 7.80. The fraction of sp³-hybridized carbons (Fsp3) is 0.647. The van der Waals surface area contributed by atoms with Crippen LogP contribution in [-0.4, -0.2) is 35.2 Å². The molecule has 2 rings (SSSR count). The Bertz CT molecular complexity index is 419. The number of aliphatic hydroxyl groups excluding tert-OH is 1. The molecule has 1 N–H and O–H groups in total. The zero-order valence-electron chi connectivity index (χ0n) is 12.9. The smallest absolute Gasteiger partial charge is 0.125 e. The van der Waals surface area contributed by atoms with Crippen molar-refractivity contribution in [3.8, 4) is 5.75 Å². The molecule has 0 saturated carbocycles. The number of fused-ring (bicyclic) bond motifs is 1.